The Morgan fingerprint density at radius 3 is 2.85 bits per heavy atom. The Morgan fingerprint density at radius 1 is 1.12 bits per heavy atom. The zero-order valence-electron chi connectivity index (χ0n) is 23.5. The van der Waals surface area contributed by atoms with Crippen molar-refractivity contribution in [2.24, 2.45) is 5.92 Å². The fourth-order valence-electron chi connectivity index (χ4n) is 5.76. The minimum atomic E-state index is -0.563. The van der Waals surface area contributed by atoms with E-state index in [0.717, 1.165) is 70.6 Å². The number of nitrogens with zero attached hydrogens (tertiary/aromatic N) is 4. The van der Waals surface area contributed by atoms with Gasteiger partial charge in [-0.3, -0.25) is 0 Å². The summed E-state index contributed by atoms with van der Waals surface area (Å²) >= 11 is 0. The Kier molecular flexibility index (Phi) is 9.94. The number of nitrogens with one attached hydrogen (secondary N) is 3. The molecule has 1 saturated heterocycles. The van der Waals surface area contributed by atoms with Crippen LogP contribution in [0.25, 0.3) is 22.4 Å². The van der Waals surface area contributed by atoms with E-state index in [2.05, 4.69) is 30.6 Å². The number of amides is 2. The zero-order valence-corrected chi connectivity index (χ0v) is 23.5. The molecule has 1 saturated carbocycles. The highest BCUT2D eigenvalue weighted by Gasteiger charge is 2.30. The number of rotatable bonds is 12. The number of fused-ring (bicyclic) bond motifs is 1. The summed E-state index contributed by atoms with van der Waals surface area (Å²) in [7, 11) is 0. The molecule has 5 rings (SSSR count). The maximum Gasteiger partial charge on any atom is 0.317 e. The molecule has 4 heterocycles. The lowest BCUT2D eigenvalue weighted by Crippen LogP contribution is -2.47. The molecule has 10 nitrogen and oxygen atoms in total. The number of H-pyrrole nitrogens is 1. The predicted octanol–water partition coefficient (Wildman–Crippen LogP) is 4.89. The number of ether oxygens (including phenoxy) is 2. The number of aromatic nitrogens is 4. The monoisotopic (exact) mass is 571 g/mol. The maximum absolute atomic E-state index is 14.7. The molecule has 1 aliphatic heterocycles. The van der Waals surface area contributed by atoms with Gasteiger partial charge in [-0.2, -0.15) is 0 Å². The van der Waals surface area contributed by atoms with Crippen molar-refractivity contribution in [3.8, 4) is 11.4 Å². The van der Waals surface area contributed by atoms with Gasteiger partial charge in [-0.25, -0.2) is 28.5 Å². The number of pyridine rings is 1. The highest BCUT2D eigenvalue weighted by atomic mass is 19.1. The Labute approximate surface area is 238 Å². The number of aromatic amines is 1. The SMILES string of the molecule is CCOCCOCCCC1CCN(C(=O)N[C@@H]2CCC[C@H](Nc3nc(-c4c[nH]c5ncc(F)cc45)ncc3F)C2)C1. The average molecular weight is 572 g/mol. The lowest BCUT2D eigenvalue weighted by Gasteiger charge is -2.32. The summed E-state index contributed by atoms with van der Waals surface area (Å²) in [6.07, 6.45) is 10.2. The molecule has 1 aliphatic carbocycles. The zero-order chi connectivity index (χ0) is 28.6. The van der Waals surface area contributed by atoms with Gasteiger partial charge in [0.05, 0.1) is 25.6 Å². The first-order valence-electron chi connectivity index (χ1n) is 14.6. The minimum absolute atomic E-state index is 0.00132. The van der Waals surface area contributed by atoms with Crippen LogP contribution in [0.15, 0.2) is 24.7 Å². The van der Waals surface area contributed by atoms with Crippen LogP contribution in [-0.2, 0) is 9.47 Å². The van der Waals surface area contributed by atoms with Gasteiger partial charge >= 0.3 is 6.03 Å². The third-order valence-corrected chi connectivity index (χ3v) is 7.88. The van der Waals surface area contributed by atoms with Gasteiger partial charge in [-0.15, -0.1) is 0 Å². The molecule has 0 aromatic carbocycles. The summed E-state index contributed by atoms with van der Waals surface area (Å²) in [6, 6.07) is 1.27. The van der Waals surface area contributed by atoms with Crippen molar-refractivity contribution in [2.45, 2.75) is 64.0 Å². The molecule has 2 aliphatic rings. The first kappa shape index (κ1) is 29.1. The van der Waals surface area contributed by atoms with E-state index >= 15 is 0 Å². The smallest absolute Gasteiger partial charge is 0.317 e. The molecule has 0 bridgehead atoms. The van der Waals surface area contributed by atoms with Crippen molar-refractivity contribution in [2.75, 3.05) is 44.8 Å². The number of hydrogen-bond acceptors (Lipinski definition) is 7. The van der Waals surface area contributed by atoms with Gasteiger partial charge in [0.2, 0.25) is 0 Å². The van der Waals surface area contributed by atoms with Gasteiger partial charge in [-0.1, -0.05) is 0 Å². The molecule has 2 amide bonds. The van der Waals surface area contributed by atoms with Gasteiger partial charge in [-0.05, 0) is 63.9 Å². The number of likely N-dealkylation sites (tertiary alicyclic amines) is 1. The van der Waals surface area contributed by atoms with Crippen LogP contribution in [0.4, 0.5) is 19.4 Å². The van der Waals surface area contributed by atoms with Crippen molar-refractivity contribution >= 4 is 22.9 Å². The van der Waals surface area contributed by atoms with Crippen LogP contribution in [0.3, 0.4) is 0 Å². The topological polar surface area (TPSA) is 117 Å². The lowest BCUT2D eigenvalue weighted by molar-refractivity contribution is 0.0503. The standard InChI is InChI=1S/C29H39F2N7O3/c1-2-40-11-12-41-10-4-5-19-8-9-38(18-19)29(39)36-22-7-3-6-21(14-22)35-28-25(31)17-34-27(37-28)24-16-33-26-23(24)13-20(30)15-32-26/h13,15-17,19,21-22H,2-12,14,18H2,1H3,(H,32,33)(H,36,39)(H,34,35,37)/t19?,21-,22+/m0/s1. The first-order chi connectivity index (χ1) is 20.0. The van der Waals surface area contributed by atoms with Crippen LogP contribution in [0.1, 0.15) is 51.9 Å². The Morgan fingerprint density at radius 2 is 1.98 bits per heavy atom. The second-order valence-corrected chi connectivity index (χ2v) is 10.8. The van der Waals surface area contributed by atoms with Crippen LogP contribution in [-0.4, -0.2) is 82.5 Å². The average Bonchev–Trinajstić information content (AvgIpc) is 3.61. The molecule has 3 aromatic rings. The number of halogens is 2. The Bertz CT molecular complexity index is 1310. The fraction of sp³-hybridized carbons (Fsp3) is 0.586. The highest BCUT2D eigenvalue weighted by Crippen LogP contribution is 2.29. The summed E-state index contributed by atoms with van der Waals surface area (Å²) in [6.45, 7) is 6.18. The van der Waals surface area contributed by atoms with E-state index in [1.54, 1.807) is 6.20 Å². The summed E-state index contributed by atoms with van der Waals surface area (Å²) in [5, 5.41) is 6.95. The summed E-state index contributed by atoms with van der Waals surface area (Å²) in [5.41, 5.74) is 1.04. The Balaban J connectivity index is 1.10. The largest absolute Gasteiger partial charge is 0.379 e. The molecule has 0 spiro atoms. The molecule has 12 heteroatoms. The molecule has 1 unspecified atom stereocenters. The molecule has 3 N–H and O–H groups in total. The van der Waals surface area contributed by atoms with Crippen molar-refractivity contribution in [1.29, 1.82) is 0 Å². The fourth-order valence-corrected chi connectivity index (χ4v) is 5.76. The highest BCUT2D eigenvalue weighted by molar-refractivity contribution is 5.91. The van der Waals surface area contributed by atoms with E-state index in [1.165, 1.54) is 6.07 Å². The van der Waals surface area contributed by atoms with Gasteiger partial charge < -0.3 is 30.0 Å². The summed E-state index contributed by atoms with van der Waals surface area (Å²) in [4.78, 5) is 30.5. The third-order valence-electron chi connectivity index (χ3n) is 7.88. The van der Waals surface area contributed by atoms with Crippen LogP contribution in [0, 0.1) is 17.6 Å². The van der Waals surface area contributed by atoms with Gasteiger partial charge in [0.15, 0.2) is 17.5 Å². The minimum Gasteiger partial charge on any atom is -0.379 e. The molecule has 0 radical (unpaired) electrons. The van der Waals surface area contributed by atoms with Crippen LogP contribution in [0.5, 0.6) is 0 Å². The predicted molar refractivity (Wildman–Crippen MR) is 151 cm³/mol. The van der Waals surface area contributed by atoms with E-state index in [4.69, 9.17) is 9.47 Å². The molecular weight excluding hydrogens is 532 g/mol. The van der Waals surface area contributed by atoms with E-state index in [0.29, 0.717) is 48.8 Å². The quantitative estimate of drug-likeness (QED) is 0.265. The van der Waals surface area contributed by atoms with E-state index in [1.807, 2.05) is 11.8 Å². The van der Waals surface area contributed by atoms with Crippen molar-refractivity contribution in [1.82, 2.24) is 30.2 Å². The molecule has 2 fully saturated rings. The van der Waals surface area contributed by atoms with E-state index in [9.17, 15) is 13.6 Å². The third kappa shape index (κ3) is 7.68. The Hall–Kier alpha value is -3.38. The van der Waals surface area contributed by atoms with Crippen molar-refractivity contribution < 1.29 is 23.0 Å². The lowest BCUT2D eigenvalue weighted by atomic mass is 9.91. The summed E-state index contributed by atoms with van der Waals surface area (Å²) < 4.78 is 39.4. The van der Waals surface area contributed by atoms with Crippen LogP contribution >= 0.6 is 0 Å². The van der Waals surface area contributed by atoms with Crippen LogP contribution < -0.4 is 10.6 Å². The second kappa shape index (κ2) is 14.0. The molecular formula is C29H39F2N7O3. The van der Waals surface area contributed by atoms with Gasteiger partial charge in [0.1, 0.15) is 11.5 Å². The summed E-state index contributed by atoms with van der Waals surface area (Å²) in [5.74, 6) is -0.177. The number of carbonyl (C=O) groups excluding carboxylic acids is 1. The second-order valence-electron chi connectivity index (χ2n) is 10.8. The van der Waals surface area contributed by atoms with E-state index < -0.39 is 11.6 Å². The van der Waals surface area contributed by atoms with E-state index in [-0.39, 0.29) is 29.8 Å². The maximum atomic E-state index is 14.7. The number of carbonyl (C=O) groups is 1. The molecule has 3 aromatic heterocycles. The molecule has 222 valence electrons. The number of urea groups is 1. The number of hydrogen-bond donors (Lipinski definition) is 3. The van der Waals surface area contributed by atoms with Crippen molar-refractivity contribution in [3.63, 3.8) is 0 Å². The van der Waals surface area contributed by atoms with Crippen LogP contribution in [0.2, 0.25) is 0 Å². The van der Waals surface area contributed by atoms with Crippen molar-refractivity contribution in [3.05, 3.63) is 36.3 Å². The first-order valence-corrected chi connectivity index (χ1v) is 14.6. The molecule has 3 atom stereocenters. The number of anilines is 1. The van der Waals surface area contributed by atoms with Gasteiger partial charge in [0, 0.05) is 55.5 Å². The van der Waals surface area contributed by atoms with Gasteiger partial charge in [0.25, 0.3) is 0 Å². The molecule has 41 heavy (non-hydrogen) atoms. The normalized spacial score (nSPS) is 21.0.